The number of benzene rings is 2. The highest BCUT2D eigenvalue weighted by atomic mass is 35.5. The third-order valence-corrected chi connectivity index (χ3v) is 5.46. The Morgan fingerprint density at radius 2 is 1.83 bits per heavy atom. The van der Waals surface area contributed by atoms with Gasteiger partial charge < -0.3 is 14.8 Å². The van der Waals surface area contributed by atoms with Crippen molar-refractivity contribution in [2.45, 2.75) is 12.5 Å². The van der Waals surface area contributed by atoms with Crippen LogP contribution in [0, 0.1) is 0 Å². The van der Waals surface area contributed by atoms with Crippen molar-refractivity contribution in [3.05, 3.63) is 57.6 Å². The predicted molar refractivity (Wildman–Crippen MR) is 106 cm³/mol. The van der Waals surface area contributed by atoms with Gasteiger partial charge in [0.1, 0.15) is 18.8 Å². The van der Waals surface area contributed by atoms with Crippen LogP contribution in [-0.2, 0) is 10.3 Å². The molecule has 2 aromatic rings. The Morgan fingerprint density at radius 3 is 2.55 bits per heavy atom. The van der Waals surface area contributed by atoms with Crippen LogP contribution >= 0.6 is 23.2 Å². The smallest absolute Gasteiger partial charge is 0.325 e. The van der Waals surface area contributed by atoms with Crippen molar-refractivity contribution >= 4 is 40.9 Å². The third kappa shape index (κ3) is 3.41. The van der Waals surface area contributed by atoms with Crippen molar-refractivity contribution in [3.63, 3.8) is 0 Å². The van der Waals surface area contributed by atoms with Crippen LogP contribution in [0.15, 0.2) is 36.4 Å². The van der Waals surface area contributed by atoms with Gasteiger partial charge in [-0.3, -0.25) is 14.5 Å². The molecule has 3 amide bonds. The summed E-state index contributed by atoms with van der Waals surface area (Å²) in [7, 11) is 0. The van der Waals surface area contributed by atoms with Crippen molar-refractivity contribution in [3.8, 4) is 11.5 Å². The minimum atomic E-state index is -1.40. The molecule has 1 fully saturated rings. The molecular weight excluding hydrogens is 419 g/mol. The van der Waals surface area contributed by atoms with Gasteiger partial charge in [-0.1, -0.05) is 29.3 Å². The molecule has 0 spiro atoms. The zero-order valence-corrected chi connectivity index (χ0v) is 16.8. The molecule has 2 aliphatic rings. The third-order valence-electron chi connectivity index (χ3n) is 4.91. The van der Waals surface area contributed by atoms with E-state index in [0.29, 0.717) is 40.9 Å². The Balaban J connectivity index is 1.57. The van der Waals surface area contributed by atoms with Gasteiger partial charge in [0.15, 0.2) is 17.3 Å². The molecule has 9 heteroatoms. The van der Waals surface area contributed by atoms with E-state index in [1.807, 2.05) is 0 Å². The number of fused-ring (bicyclic) bond motifs is 1. The summed E-state index contributed by atoms with van der Waals surface area (Å²) >= 11 is 12.1. The lowest BCUT2D eigenvalue weighted by Gasteiger charge is -2.23. The summed E-state index contributed by atoms with van der Waals surface area (Å²) in [6.45, 7) is 1.95. The van der Waals surface area contributed by atoms with Gasteiger partial charge in [-0.05, 0) is 37.3 Å². The first-order valence-electron chi connectivity index (χ1n) is 8.82. The summed E-state index contributed by atoms with van der Waals surface area (Å²) in [6.07, 6.45) is 0. The average Bonchev–Trinajstić information content (AvgIpc) is 2.91. The van der Waals surface area contributed by atoms with Gasteiger partial charge in [0.25, 0.3) is 5.91 Å². The Labute approximate surface area is 176 Å². The fraction of sp³-hybridized carbons (Fsp3) is 0.250. The number of rotatable bonds is 4. The topological polar surface area (TPSA) is 84.9 Å². The summed E-state index contributed by atoms with van der Waals surface area (Å²) in [5.74, 6) is 0.0272. The Hall–Kier alpha value is -2.77. The van der Waals surface area contributed by atoms with Gasteiger partial charge in [0.2, 0.25) is 0 Å². The maximum atomic E-state index is 13.0. The van der Waals surface area contributed by atoms with Crippen molar-refractivity contribution in [2.24, 2.45) is 0 Å². The molecule has 2 aliphatic heterocycles. The molecule has 0 saturated carbocycles. The number of nitrogens with zero attached hydrogens (tertiary/aromatic N) is 1. The first-order chi connectivity index (χ1) is 13.8. The molecule has 0 unspecified atom stereocenters. The molecule has 2 heterocycles. The summed E-state index contributed by atoms with van der Waals surface area (Å²) in [6, 6.07) is 8.73. The number of carbonyl (C=O) groups excluding carboxylic acids is 3. The molecule has 29 heavy (non-hydrogen) atoms. The van der Waals surface area contributed by atoms with Gasteiger partial charge in [0, 0.05) is 21.2 Å². The van der Waals surface area contributed by atoms with E-state index < -0.39 is 29.8 Å². The summed E-state index contributed by atoms with van der Waals surface area (Å²) < 4.78 is 10.9. The van der Waals surface area contributed by atoms with E-state index in [2.05, 4.69) is 5.32 Å². The molecule has 0 aromatic heterocycles. The van der Waals surface area contributed by atoms with E-state index in [9.17, 15) is 14.4 Å². The van der Waals surface area contributed by atoms with E-state index >= 15 is 0 Å². The number of halogens is 2. The number of ether oxygens (including phenoxy) is 2. The van der Waals surface area contributed by atoms with Crippen LogP contribution < -0.4 is 14.8 Å². The zero-order chi connectivity index (χ0) is 20.8. The first-order valence-corrected chi connectivity index (χ1v) is 9.57. The molecule has 2 aromatic carbocycles. The number of hydrogen-bond donors (Lipinski definition) is 1. The average molecular weight is 435 g/mol. The second kappa shape index (κ2) is 7.24. The second-order valence-corrected chi connectivity index (χ2v) is 7.70. The monoisotopic (exact) mass is 434 g/mol. The molecule has 150 valence electrons. The number of imide groups is 1. The molecule has 4 rings (SSSR count). The van der Waals surface area contributed by atoms with Gasteiger partial charge in [-0.2, -0.15) is 0 Å². The fourth-order valence-electron chi connectivity index (χ4n) is 3.37. The SMILES string of the molecule is C[C@@]1(c2ccc(Cl)cc2Cl)NC(=O)N(CC(=O)c2ccc3c(c2)OCCO3)C1=O. The van der Waals surface area contributed by atoms with Crippen molar-refractivity contribution in [1.82, 2.24) is 10.2 Å². The van der Waals surface area contributed by atoms with Gasteiger partial charge in [-0.15, -0.1) is 0 Å². The molecule has 7 nitrogen and oxygen atoms in total. The van der Waals surface area contributed by atoms with Crippen LogP contribution in [0.1, 0.15) is 22.8 Å². The lowest BCUT2D eigenvalue weighted by atomic mass is 9.92. The van der Waals surface area contributed by atoms with Crippen molar-refractivity contribution in [2.75, 3.05) is 19.8 Å². The molecule has 0 bridgehead atoms. The maximum Gasteiger partial charge on any atom is 0.325 e. The number of ketones is 1. The van der Waals surface area contributed by atoms with Crippen molar-refractivity contribution in [1.29, 1.82) is 0 Å². The lowest BCUT2D eigenvalue weighted by molar-refractivity contribution is -0.130. The van der Waals surface area contributed by atoms with Crippen LogP contribution in [0.2, 0.25) is 10.0 Å². The largest absolute Gasteiger partial charge is 0.486 e. The Morgan fingerprint density at radius 1 is 1.10 bits per heavy atom. The molecule has 1 N–H and O–H groups in total. The molecule has 1 saturated heterocycles. The summed E-state index contributed by atoms with van der Waals surface area (Å²) in [5, 5.41) is 3.28. The predicted octanol–water partition coefficient (Wildman–Crippen LogP) is 3.41. The number of carbonyl (C=O) groups is 3. The number of amides is 3. The van der Waals surface area contributed by atoms with Crippen LogP contribution in [-0.4, -0.2) is 42.4 Å². The Bertz CT molecular complexity index is 1040. The fourth-order valence-corrected chi connectivity index (χ4v) is 3.97. The normalized spacial score (nSPS) is 20.6. The Kier molecular flexibility index (Phi) is 4.88. The number of nitrogens with one attached hydrogen (secondary N) is 1. The van der Waals surface area contributed by atoms with Crippen LogP contribution in [0.4, 0.5) is 4.79 Å². The standard InChI is InChI=1S/C20H16Cl2N2O5/c1-20(13-4-3-12(21)9-14(13)22)18(26)24(19(27)23-20)10-15(25)11-2-5-16-17(8-11)29-7-6-28-16/h2-5,8-9H,6-7,10H2,1H3,(H,23,27)/t20-/m0/s1. The number of urea groups is 1. The molecule has 1 atom stereocenters. The van der Waals surface area contributed by atoms with Gasteiger partial charge in [-0.25, -0.2) is 4.79 Å². The highest BCUT2D eigenvalue weighted by Gasteiger charge is 2.50. The highest BCUT2D eigenvalue weighted by Crippen LogP contribution is 2.35. The quantitative estimate of drug-likeness (QED) is 0.588. The highest BCUT2D eigenvalue weighted by molar-refractivity contribution is 6.35. The molecule has 0 aliphatic carbocycles. The number of hydrogen-bond acceptors (Lipinski definition) is 5. The van der Waals surface area contributed by atoms with E-state index in [-0.39, 0.29) is 5.02 Å². The van der Waals surface area contributed by atoms with E-state index in [0.717, 1.165) is 4.90 Å². The van der Waals surface area contributed by atoms with Crippen LogP contribution in [0.25, 0.3) is 0 Å². The van der Waals surface area contributed by atoms with Gasteiger partial charge in [0.05, 0.1) is 6.54 Å². The van der Waals surface area contributed by atoms with Crippen molar-refractivity contribution < 1.29 is 23.9 Å². The lowest BCUT2D eigenvalue weighted by Crippen LogP contribution is -2.41. The number of Topliss-reactive ketones (excluding diaryl/α,β-unsaturated/α-hetero) is 1. The first kappa shape index (κ1) is 19.5. The molecular formula is C20H16Cl2N2O5. The van der Waals surface area contributed by atoms with Crippen LogP contribution in [0.3, 0.4) is 0 Å². The van der Waals surface area contributed by atoms with Gasteiger partial charge >= 0.3 is 6.03 Å². The maximum absolute atomic E-state index is 13.0. The van der Waals surface area contributed by atoms with Crippen LogP contribution in [0.5, 0.6) is 11.5 Å². The summed E-state index contributed by atoms with van der Waals surface area (Å²) in [5.41, 5.74) is -0.685. The van der Waals surface area contributed by atoms with E-state index in [1.54, 1.807) is 30.3 Å². The van der Waals surface area contributed by atoms with E-state index in [1.165, 1.54) is 13.0 Å². The van der Waals surface area contributed by atoms with E-state index in [4.69, 9.17) is 32.7 Å². The second-order valence-electron chi connectivity index (χ2n) is 6.85. The minimum Gasteiger partial charge on any atom is -0.486 e. The summed E-state index contributed by atoms with van der Waals surface area (Å²) in [4.78, 5) is 39.1. The zero-order valence-electron chi connectivity index (χ0n) is 15.3. The molecule has 0 radical (unpaired) electrons. The minimum absolute atomic E-state index is 0.244.